The lowest BCUT2D eigenvalue weighted by atomic mass is 9.83. The van der Waals surface area contributed by atoms with Crippen molar-refractivity contribution < 1.29 is 9.53 Å². The zero-order valence-electron chi connectivity index (χ0n) is 12.3. The van der Waals surface area contributed by atoms with Gasteiger partial charge in [-0.1, -0.05) is 0 Å². The standard InChI is InChI=1S/C15H17I4NO2/c1-15(2,8-3-5-20-6-4-8)22-14(21)11-12(18)9(16)7-10(17)13(11)19/h7-8,20H,3-6H2,1-2H3. The van der Waals surface area contributed by atoms with E-state index in [1.165, 1.54) is 0 Å². The van der Waals surface area contributed by atoms with Gasteiger partial charge in [0.25, 0.3) is 0 Å². The van der Waals surface area contributed by atoms with E-state index in [0.717, 1.165) is 40.2 Å². The highest BCUT2D eigenvalue weighted by atomic mass is 127. The normalized spacial score (nSPS) is 16.6. The quantitative estimate of drug-likeness (QED) is 0.268. The molecule has 1 N–H and O–H groups in total. The van der Waals surface area contributed by atoms with Crippen molar-refractivity contribution in [2.75, 3.05) is 13.1 Å². The van der Waals surface area contributed by atoms with Crippen LogP contribution in [-0.4, -0.2) is 24.7 Å². The van der Waals surface area contributed by atoms with E-state index in [-0.39, 0.29) is 5.97 Å². The molecule has 0 radical (unpaired) electrons. The van der Waals surface area contributed by atoms with Crippen molar-refractivity contribution in [3.63, 3.8) is 0 Å². The molecule has 1 fully saturated rings. The minimum Gasteiger partial charge on any atom is -0.456 e. The number of benzene rings is 1. The lowest BCUT2D eigenvalue weighted by molar-refractivity contribution is -0.0370. The molecule has 1 saturated heterocycles. The fraction of sp³-hybridized carbons (Fsp3) is 0.533. The SMILES string of the molecule is CC(C)(OC(=O)c1c(I)c(I)cc(I)c1I)C1CCNCC1. The van der Waals surface area contributed by atoms with Crippen LogP contribution in [-0.2, 0) is 4.74 Å². The van der Waals surface area contributed by atoms with Crippen molar-refractivity contribution in [2.24, 2.45) is 5.92 Å². The first-order valence-corrected chi connectivity index (χ1v) is 11.3. The van der Waals surface area contributed by atoms with Crippen molar-refractivity contribution in [3.8, 4) is 0 Å². The minimum absolute atomic E-state index is 0.200. The average Bonchev–Trinajstić information content (AvgIpc) is 2.46. The van der Waals surface area contributed by atoms with Crippen molar-refractivity contribution in [1.29, 1.82) is 0 Å². The number of esters is 1. The van der Waals surface area contributed by atoms with Crippen molar-refractivity contribution in [2.45, 2.75) is 32.3 Å². The largest absolute Gasteiger partial charge is 0.456 e. The fourth-order valence-electron chi connectivity index (χ4n) is 2.64. The molecule has 1 aliphatic heterocycles. The molecule has 22 heavy (non-hydrogen) atoms. The molecule has 1 aromatic carbocycles. The number of ether oxygens (including phenoxy) is 1. The van der Waals surface area contributed by atoms with E-state index < -0.39 is 5.60 Å². The molecule has 7 heteroatoms. The van der Waals surface area contributed by atoms with Crippen LogP contribution < -0.4 is 5.32 Å². The molecule has 2 rings (SSSR count). The third-order valence-corrected chi connectivity index (χ3v) is 10.0. The van der Waals surface area contributed by atoms with E-state index in [4.69, 9.17) is 4.74 Å². The molecule has 0 spiro atoms. The highest BCUT2D eigenvalue weighted by molar-refractivity contribution is 14.1. The summed E-state index contributed by atoms with van der Waals surface area (Å²) in [4.78, 5) is 12.8. The van der Waals surface area contributed by atoms with Crippen LogP contribution in [0.4, 0.5) is 0 Å². The summed E-state index contributed by atoms with van der Waals surface area (Å²) in [6.07, 6.45) is 2.11. The number of hydrogen-bond donors (Lipinski definition) is 1. The van der Waals surface area contributed by atoms with Crippen LogP contribution in [0.5, 0.6) is 0 Å². The smallest absolute Gasteiger partial charge is 0.340 e. The van der Waals surface area contributed by atoms with Gasteiger partial charge in [0.2, 0.25) is 0 Å². The third kappa shape index (κ3) is 4.59. The van der Waals surface area contributed by atoms with Gasteiger partial charge in [-0.2, -0.15) is 0 Å². The first-order chi connectivity index (χ1) is 10.2. The Kier molecular flexibility index (Phi) is 7.50. The van der Waals surface area contributed by atoms with E-state index in [1.807, 2.05) is 13.8 Å². The third-order valence-electron chi connectivity index (χ3n) is 3.99. The van der Waals surface area contributed by atoms with Gasteiger partial charge in [-0.3, -0.25) is 0 Å². The van der Waals surface area contributed by atoms with Gasteiger partial charge in [0.15, 0.2) is 0 Å². The van der Waals surface area contributed by atoms with Crippen molar-refractivity contribution in [1.82, 2.24) is 5.32 Å². The maximum Gasteiger partial charge on any atom is 0.340 e. The van der Waals surface area contributed by atoms with Crippen LogP contribution in [0, 0.1) is 20.2 Å². The van der Waals surface area contributed by atoms with Crippen molar-refractivity contribution in [3.05, 3.63) is 25.9 Å². The Hall–Kier alpha value is 1.57. The second-order valence-corrected chi connectivity index (χ2v) is 10.3. The van der Waals surface area contributed by atoms with Crippen LogP contribution in [0.2, 0.25) is 0 Å². The summed E-state index contributed by atoms with van der Waals surface area (Å²) in [7, 11) is 0. The molecule has 0 unspecified atom stereocenters. The molecular formula is C15H17I4NO2. The Morgan fingerprint density at radius 1 is 1.14 bits per heavy atom. The van der Waals surface area contributed by atoms with Crippen molar-refractivity contribution >= 4 is 96.3 Å². The highest BCUT2D eigenvalue weighted by Gasteiger charge is 2.35. The first kappa shape index (κ1) is 19.9. The lowest BCUT2D eigenvalue weighted by Crippen LogP contribution is -2.43. The van der Waals surface area contributed by atoms with Crippen LogP contribution in [0.3, 0.4) is 0 Å². The summed E-state index contributed by atoms with van der Waals surface area (Å²) in [5.41, 5.74) is 0.275. The molecule has 0 atom stereocenters. The van der Waals surface area contributed by atoms with Gasteiger partial charge in [-0.25, -0.2) is 4.79 Å². The molecule has 1 heterocycles. The van der Waals surface area contributed by atoms with Gasteiger partial charge in [-0.05, 0) is 136 Å². The van der Waals surface area contributed by atoms with Gasteiger partial charge in [0, 0.05) is 20.2 Å². The number of halogens is 4. The topological polar surface area (TPSA) is 38.3 Å². The summed E-state index contributed by atoms with van der Waals surface area (Å²) in [5, 5.41) is 3.36. The predicted octanol–water partition coefficient (Wildman–Crippen LogP) is 5.04. The number of carbonyl (C=O) groups excluding carboxylic acids is 1. The average molecular weight is 751 g/mol. The first-order valence-electron chi connectivity index (χ1n) is 7.01. The van der Waals surface area contributed by atoms with E-state index >= 15 is 0 Å². The number of hydrogen-bond acceptors (Lipinski definition) is 3. The molecule has 0 saturated carbocycles. The second kappa shape index (κ2) is 8.30. The summed E-state index contributed by atoms with van der Waals surface area (Å²) in [6.45, 7) is 6.09. The predicted molar refractivity (Wildman–Crippen MR) is 122 cm³/mol. The van der Waals surface area contributed by atoms with Crippen LogP contribution in [0.15, 0.2) is 6.07 Å². The second-order valence-electron chi connectivity index (χ2n) is 5.86. The van der Waals surface area contributed by atoms with Gasteiger partial charge in [0.1, 0.15) is 5.60 Å². The lowest BCUT2D eigenvalue weighted by Gasteiger charge is -2.36. The zero-order valence-corrected chi connectivity index (χ0v) is 20.9. The molecule has 1 aromatic rings. The molecule has 1 aliphatic rings. The zero-order chi connectivity index (χ0) is 16.5. The van der Waals surface area contributed by atoms with E-state index in [1.54, 1.807) is 0 Å². The molecular weight excluding hydrogens is 734 g/mol. The van der Waals surface area contributed by atoms with Gasteiger partial charge >= 0.3 is 5.97 Å². The summed E-state index contributed by atoms with van der Waals surface area (Å²) in [6, 6.07) is 2.10. The van der Waals surface area contributed by atoms with Gasteiger partial charge < -0.3 is 10.1 Å². The number of rotatable bonds is 3. The Labute approximate surface area is 186 Å². The summed E-state index contributed by atoms with van der Waals surface area (Å²) >= 11 is 9.03. The highest BCUT2D eigenvalue weighted by Crippen LogP contribution is 2.33. The fourth-order valence-corrected chi connectivity index (χ4v) is 6.21. The molecule has 0 bridgehead atoms. The number of carbonyl (C=O) groups is 1. The van der Waals surface area contributed by atoms with E-state index in [9.17, 15) is 4.79 Å². The maximum absolute atomic E-state index is 12.8. The number of nitrogens with one attached hydrogen (secondary N) is 1. The molecule has 122 valence electrons. The molecule has 3 nitrogen and oxygen atoms in total. The van der Waals surface area contributed by atoms with E-state index in [2.05, 4.69) is 102 Å². The van der Waals surface area contributed by atoms with Crippen LogP contribution in [0.1, 0.15) is 37.0 Å². The Bertz CT molecular complexity index is 557. The van der Waals surface area contributed by atoms with Gasteiger partial charge in [-0.15, -0.1) is 0 Å². The molecule has 0 amide bonds. The van der Waals surface area contributed by atoms with Gasteiger partial charge in [0.05, 0.1) is 5.56 Å². The Morgan fingerprint density at radius 3 is 2.14 bits per heavy atom. The van der Waals surface area contributed by atoms with Crippen LogP contribution >= 0.6 is 90.4 Å². The van der Waals surface area contributed by atoms with E-state index in [0.29, 0.717) is 11.5 Å². The monoisotopic (exact) mass is 751 g/mol. The maximum atomic E-state index is 12.8. The molecule has 0 aromatic heterocycles. The molecule has 0 aliphatic carbocycles. The summed E-state index contributed by atoms with van der Waals surface area (Å²) in [5.74, 6) is 0.212. The minimum atomic E-state index is -0.432. The van der Waals surface area contributed by atoms with Crippen LogP contribution in [0.25, 0.3) is 0 Å². The Morgan fingerprint density at radius 2 is 1.64 bits per heavy atom. The Balaban J connectivity index is 2.25. The summed E-state index contributed by atoms with van der Waals surface area (Å²) < 4.78 is 10.1. The number of piperidine rings is 1.